The fourth-order valence-corrected chi connectivity index (χ4v) is 5.36. The fraction of sp³-hybridized carbons (Fsp3) is 0.500. The second-order valence-corrected chi connectivity index (χ2v) is 11.1. The number of hydrogen-bond donors (Lipinski definition) is 1. The van der Waals surface area contributed by atoms with Gasteiger partial charge in [0, 0.05) is 18.3 Å². The molecule has 0 spiro atoms. The zero-order valence-corrected chi connectivity index (χ0v) is 22.9. The van der Waals surface area contributed by atoms with E-state index >= 15 is 0 Å². The first-order valence-electron chi connectivity index (χ1n) is 13.2. The average molecular weight is 540 g/mol. The largest absolute Gasteiger partial charge is 0.491 e. The van der Waals surface area contributed by atoms with Gasteiger partial charge in [-0.15, -0.1) is 0 Å². The predicted octanol–water partition coefficient (Wildman–Crippen LogP) is 4.46. The quantitative estimate of drug-likeness (QED) is 0.418. The number of hydrogen-bond acceptors (Lipinski definition) is 8. The van der Waals surface area contributed by atoms with Crippen molar-refractivity contribution in [2.75, 3.05) is 24.7 Å². The van der Waals surface area contributed by atoms with E-state index in [4.69, 9.17) is 19.2 Å². The van der Waals surface area contributed by atoms with Crippen LogP contribution in [0, 0.1) is 11.7 Å². The van der Waals surface area contributed by atoms with Gasteiger partial charge in [-0.1, -0.05) is 0 Å². The molecule has 1 saturated carbocycles. The number of nitrogens with zero attached hydrogens (tertiary/aromatic N) is 4. The van der Waals surface area contributed by atoms with E-state index in [1.807, 2.05) is 13.0 Å². The summed E-state index contributed by atoms with van der Waals surface area (Å²) in [6, 6.07) is 6.06. The lowest BCUT2D eigenvalue weighted by atomic mass is 10.0. The van der Waals surface area contributed by atoms with E-state index in [0.29, 0.717) is 28.7 Å². The van der Waals surface area contributed by atoms with Crippen LogP contribution in [0.5, 0.6) is 5.75 Å². The molecule has 3 atom stereocenters. The Morgan fingerprint density at radius 2 is 2.08 bits per heavy atom. The maximum absolute atomic E-state index is 14.6. The van der Waals surface area contributed by atoms with E-state index in [2.05, 4.69) is 15.3 Å². The van der Waals surface area contributed by atoms with Gasteiger partial charge in [0.2, 0.25) is 0 Å². The first-order valence-corrected chi connectivity index (χ1v) is 13.2. The Balaban J connectivity index is 1.40. The maximum atomic E-state index is 14.6. The highest BCUT2D eigenvalue weighted by Crippen LogP contribution is 2.64. The summed E-state index contributed by atoms with van der Waals surface area (Å²) in [5.41, 5.74) is 0.361. The van der Waals surface area contributed by atoms with Crippen LogP contribution in [0.2, 0.25) is 0 Å². The third kappa shape index (κ3) is 5.22. The summed E-state index contributed by atoms with van der Waals surface area (Å²) in [5.74, 6) is 0.705. The number of alkyl carbamates (subject to hydrolysis) is 1. The lowest BCUT2D eigenvalue weighted by Crippen LogP contribution is -2.40. The molecule has 2 aromatic heterocycles. The van der Waals surface area contributed by atoms with Gasteiger partial charge in [-0.25, -0.2) is 23.5 Å². The molecule has 208 valence electrons. The van der Waals surface area contributed by atoms with Gasteiger partial charge < -0.3 is 24.4 Å². The number of aromatic nitrogens is 3. The van der Waals surface area contributed by atoms with Gasteiger partial charge in [-0.05, 0) is 77.6 Å². The van der Waals surface area contributed by atoms with Crippen molar-refractivity contribution >= 4 is 23.5 Å². The normalized spacial score (nSPS) is 20.9. The first kappa shape index (κ1) is 26.7. The molecule has 3 heterocycles. The molecular weight excluding hydrogens is 505 g/mol. The number of halogens is 1. The zero-order chi connectivity index (χ0) is 27.9. The lowest BCUT2D eigenvalue weighted by Gasteiger charge is -2.31. The van der Waals surface area contributed by atoms with E-state index in [-0.39, 0.29) is 25.1 Å². The van der Waals surface area contributed by atoms with Crippen LogP contribution in [-0.2, 0) is 15.0 Å². The molecule has 0 radical (unpaired) electrons. The molecule has 1 N–H and O–H groups in total. The highest BCUT2D eigenvalue weighted by Gasteiger charge is 2.64. The predicted molar refractivity (Wildman–Crippen MR) is 141 cm³/mol. The summed E-state index contributed by atoms with van der Waals surface area (Å²) >= 11 is 0. The Morgan fingerprint density at radius 1 is 1.28 bits per heavy atom. The molecule has 2 aliphatic rings. The molecule has 0 bridgehead atoms. The van der Waals surface area contributed by atoms with Crippen LogP contribution in [-0.4, -0.2) is 58.1 Å². The number of piperidine rings is 1. The van der Waals surface area contributed by atoms with Gasteiger partial charge in [0.25, 0.3) is 0 Å². The van der Waals surface area contributed by atoms with Crippen LogP contribution < -0.4 is 15.0 Å². The SMILES string of the molecule is CCOC(=O)c1cnn2ccc(N3CCC4CC43c3cc(F)ccc3OCC(C)NC(=O)OC(C)(C)C)nc12. The third-order valence-electron chi connectivity index (χ3n) is 7.04. The molecule has 3 unspecified atom stereocenters. The number of benzene rings is 1. The molecule has 10 nitrogen and oxygen atoms in total. The van der Waals surface area contributed by atoms with E-state index in [0.717, 1.165) is 24.9 Å². The Hall–Kier alpha value is -3.89. The Morgan fingerprint density at radius 3 is 2.79 bits per heavy atom. The first-order chi connectivity index (χ1) is 18.5. The fourth-order valence-electron chi connectivity index (χ4n) is 5.36. The van der Waals surface area contributed by atoms with Gasteiger partial charge in [0.15, 0.2) is 5.65 Å². The summed E-state index contributed by atoms with van der Waals surface area (Å²) in [6.45, 7) is 10.1. The van der Waals surface area contributed by atoms with Crippen LogP contribution in [0.1, 0.15) is 63.4 Å². The van der Waals surface area contributed by atoms with Crippen LogP contribution in [0.4, 0.5) is 15.0 Å². The zero-order valence-electron chi connectivity index (χ0n) is 22.9. The molecule has 3 aromatic rings. The summed E-state index contributed by atoms with van der Waals surface area (Å²) in [5, 5.41) is 7.00. The minimum Gasteiger partial charge on any atom is -0.491 e. The van der Waals surface area contributed by atoms with Crippen molar-refractivity contribution in [1.82, 2.24) is 19.9 Å². The van der Waals surface area contributed by atoms with Gasteiger partial charge in [0.1, 0.15) is 35.2 Å². The topological polar surface area (TPSA) is 107 Å². The number of esters is 1. The maximum Gasteiger partial charge on any atom is 0.407 e. The molecule has 39 heavy (non-hydrogen) atoms. The number of carbonyl (C=O) groups is 2. The molecule has 1 amide bonds. The molecular formula is C28H34FN5O5. The number of fused-ring (bicyclic) bond motifs is 2. The van der Waals surface area contributed by atoms with Crippen molar-refractivity contribution in [3.05, 3.63) is 53.6 Å². The number of anilines is 1. The monoisotopic (exact) mass is 539 g/mol. The third-order valence-corrected chi connectivity index (χ3v) is 7.04. The molecule has 1 aromatic carbocycles. The van der Waals surface area contributed by atoms with Crippen LogP contribution in [0.25, 0.3) is 5.65 Å². The Kier molecular flexibility index (Phi) is 6.86. The van der Waals surface area contributed by atoms with Gasteiger partial charge in [0.05, 0.1) is 24.4 Å². The minimum atomic E-state index is -0.605. The summed E-state index contributed by atoms with van der Waals surface area (Å²) < 4.78 is 32.8. The smallest absolute Gasteiger partial charge is 0.407 e. The Bertz CT molecular complexity index is 1400. The minimum absolute atomic E-state index is 0.182. The van der Waals surface area contributed by atoms with Crippen LogP contribution in [0.3, 0.4) is 0 Å². The van der Waals surface area contributed by atoms with Gasteiger partial charge in [-0.2, -0.15) is 5.10 Å². The lowest BCUT2D eigenvalue weighted by molar-refractivity contribution is 0.0490. The van der Waals surface area contributed by atoms with E-state index < -0.39 is 23.2 Å². The van der Waals surface area contributed by atoms with Crippen molar-refractivity contribution in [2.24, 2.45) is 5.92 Å². The second kappa shape index (κ2) is 10.0. The van der Waals surface area contributed by atoms with Crippen molar-refractivity contribution in [1.29, 1.82) is 0 Å². The van der Waals surface area contributed by atoms with Gasteiger partial charge >= 0.3 is 12.1 Å². The van der Waals surface area contributed by atoms with Crippen molar-refractivity contribution in [2.45, 2.75) is 64.6 Å². The molecule has 2 fully saturated rings. The number of rotatable bonds is 8. The average Bonchev–Trinajstić information content (AvgIpc) is 3.24. The van der Waals surface area contributed by atoms with Crippen LogP contribution in [0.15, 0.2) is 36.7 Å². The molecule has 11 heteroatoms. The van der Waals surface area contributed by atoms with E-state index in [9.17, 15) is 14.0 Å². The summed E-state index contributed by atoms with van der Waals surface area (Å²) in [6.07, 6.45) is 4.44. The molecule has 5 rings (SSSR count). The number of amides is 1. The second-order valence-electron chi connectivity index (χ2n) is 11.1. The summed E-state index contributed by atoms with van der Waals surface area (Å²) in [4.78, 5) is 31.5. The number of nitrogens with one attached hydrogen (secondary N) is 1. The Labute approximate surface area is 226 Å². The van der Waals surface area contributed by atoms with Crippen molar-refractivity contribution in [3.63, 3.8) is 0 Å². The highest BCUT2D eigenvalue weighted by atomic mass is 19.1. The van der Waals surface area contributed by atoms with E-state index in [1.54, 1.807) is 44.5 Å². The highest BCUT2D eigenvalue weighted by molar-refractivity contribution is 5.95. The van der Waals surface area contributed by atoms with Crippen molar-refractivity contribution in [3.8, 4) is 5.75 Å². The van der Waals surface area contributed by atoms with Crippen molar-refractivity contribution < 1.29 is 28.2 Å². The molecule has 1 saturated heterocycles. The standard InChI is InChI=1S/C28H34FN5O5/c1-6-37-25(35)20-15-30-34-12-10-23(32-24(20)34)33-11-9-18-14-28(18,33)21-13-19(29)7-8-22(21)38-16-17(2)31-26(36)39-27(3,4)5/h7-8,10,12-13,15,17-18H,6,9,11,14,16H2,1-5H3,(H,31,36). The summed E-state index contributed by atoms with van der Waals surface area (Å²) in [7, 11) is 0. The van der Waals surface area contributed by atoms with E-state index in [1.165, 1.54) is 18.3 Å². The number of ether oxygens (including phenoxy) is 3. The molecule has 1 aliphatic carbocycles. The van der Waals surface area contributed by atoms with Crippen LogP contribution >= 0.6 is 0 Å². The van der Waals surface area contributed by atoms with Gasteiger partial charge in [-0.3, -0.25) is 0 Å². The number of carbonyl (C=O) groups excluding carboxylic acids is 2. The molecule has 1 aliphatic heterocycles.